The van der Waals surface area contributed by atoms with E-state index < -0.39 is 16.7 Å². The maximum Gasteiger partial charge on any atom is 0.153 e. The van der Waals surface area contributed by atoms with Gasteiger partial charge in [0.2, 0.25) is 0 Å². The van der Waals surface area contributed by atoms with Crippen LogP contribution >= 0.6 is 27.5 Å². The van der Waals surface area contributed by atoms with Gasteiger partial charge in [-0.15, -0.1) is 0 Å². The average Bonchev–Trinajstić information content (AvgIpc) is 1.82. The monoisotopic (exact) mass is 225 g/mol. The summed E-state index contributed by atoms with van der Waals surface area (Å²) in [6.07, 6.45) is 0. The van der Waals surface area contributed by atoms with Gasteiger partial charge in [0.15, 0.2) is 5.82 Å². The van der Waals surface area contributed by atoms with E-state index in [1.807, 2.05) is 0 Å². The van der Waals surface area contributed by atoms with Crippen molar-refractivity contribution in [2.75, 3.05) is 0 Å². The van der Waals surface area contributed by atoms with Gasteiger partial charge in [0.25, 0.3) is 0 Å². The first-order valence-corrected chi connectivity index (χ1v) is 3.50. The number of hydrogen-bond acceptors (Lipinski definition) is 0. The van der Waals surface area contributed by atoms with Crippen LogP contribution in [0.15, 0.2) is 10.5 Å². The second-order valence-corrected chi connectivity index (χ2v) is 2.83. The Labute approximate surface area is 69.9 Å². The van der Waals surface area contributed by atoms with Crippen molar-refractivity contribution in [3.8, 4) is 0 Å². The zero-order valence-corrected chi connectivity index (χ0v) is 6.93. The second-order valence-electron chi connectivity index (χ2n) is 1.59. The smallest absolute Gasteiger partial charge is 0.153 e. The fourth-order valence-electron chi connectivity index (χ4n) is 0.475. The highest BCUT2D eigenvalue weighted by atomic mass is 79.9. The maximum absolute atomic E-state index is 12.4. The first-order valence-electron chi connectivity index (χ1n) is 2.33. The lowest BCUT2D eigenvalue weighted by Gasteiger charge is -1.94. The molecule has 0 unspecified atom stereocenters. The zero-order chi connectivity index (χ0) is 7.72. The SMILES string of the molecule is Fc1[c]c(Br)cc(F)c1Cl. The van der Waals surface area contributed by atoms with Crippen LogP contribution in [0.5, 0.6) is 0 Å². The third-order valence-electron chi connectivity index (χ3n) is 0.885. The Morgan fingerprint density at radius 3 is 2.60 bits per heavy atom. The van der Waals surface area contributed by atoms with Crippen LogP contribution in [-0.4, -0.2) is 0 Å². The molecule has 4 heteroatoms. The standard InChI is InChI=1S/C6HBrClF2/c7-3-1-4(9)6(8)5(10)2-3/h1H. The van der Waals surface area contributed by atoms with Crippen LogP contribution in [0.25, 0.3) is 0 Å². The number of rotatable bonds is 0. The predicted octanol–water partition coefficient (Wildman–Crippen LogP) is 3.18. The third-order valence-corrected chi connectivity index (χ3v) is 1.66. The number of hydrogen-bond donors (Lipinski definition) is 0. The van der Waals surface area contributed by atoms with Crippen LogP contribution in [0.1, 0.15) is 0 Å². The van der Waals surface area contributed by atoms with Crippen LogP contribution < -0.4 is 0 Å². The molecule has 0 heterocycles. The van der Waals surface area contributed by atoms with Gasteiger partial charge in [0.05, 0.1) is 0 Å². The van der Waals surface area contributed by atoms with E-state index in [1.54, 1.807) is 0 Å². The van der Waals surface area contributed by atoms with Gasteiger partial charge in [0, 0.05) is 10.5 Å². The summed E-state index contributed by atoms with van der Waals surface area (Å²) in [5, 5.41) is -0.525. The van der Waals surface area contributed by atoms with Gasteiger partial charge in [-0.25, -0.2) is 8.78 Å². The summed E-state index contributed by atoms with van der Waals surface area (Å²) in [6.45, 7) is 0. The van der Waals surface area contributed by atoms with Gasteiger partial charge in [-0.1, -0.05) is 11.6 Å². The molecule has 53 valence electrons. The third kappa shape index (κ3) is 1.47. The minimum atomic E-state index is -0.881. The first kappa shape index (κ1) is 7.95. The lowest BCUT2D eigenvalue weighted by Crippen LogP contribution is -1.83. The maximum atomic E-state index is 12.4. The largest absolute Gasteiger partial charge is 0.205 e. The Balaban J connectivity index is 3.31. The van der Waals surface area contributed by atoms with Crippen LogP contribution in [-0.2, 0) is 0 Å². The molecular formula is C6HBrClF2. The van der Waals surface area contributed by atoms with E-state index in [4.69, 9.17) is 11.6 Å². The van der Waals surface area contributed by atoms with E-state index >= 15 is 0 Å². The quantitative estimate of drug-likeness (QED) is 0.471. The van der Waals surface area contributed by atoms with Crippen molar-refractivity contribution >= 4 is 27.5 Å². The molecule has 1 radical (unpaired) electrons. The molecule has 1 aromatic rings. The Kier molecular flexibility index (Phi) is 2.26. The van der Waals surface area contributed by atoms with E-state index in [0.717, 1.165) is 6.07 Å². The molecule has 0 aromatic heterocycles. The Morgan fingerprint density at radius 1 is 1.50 bits per heavy atom. The molecule has 0 bridgehead atoms. The fraction of sp³-hybridized carbons (Fsp3) is 0. The fourth-order valence-corrected chi connectivity index (χ4v) is 0.952. The average molecular weight is 226 g/mol. The highest BCUT2D eigenvalue weighted by molar-refractivity contribution is 9.10. The van der Waals surface area contributed by atoms with Gasteiger partial charge in [-0.05, 0) is 22.0 Å². The van der Waals surface area contributed by atoms with Crippen LogP contribution in [0.2, 0.25) is 5.02 Å². The van der Waals surface area contributed by atoms with E-state index in [9.17, 15) is 8.78 Å². The molecule has 0 spiro atoms. The van der Waals surface area contributed by atoms with Crippen LogP contribution in [0.4, 0.5) is 8.78 Å². The molecule has 0 saturated heterocycles. The normalized spacial score (nSPS) is 10.0. The van der Waals surface area contributed by atoms with Gasteiger partial charge in [0.1, 0.15) is 10.8 Å². The molecule has 0 nitrogen and oxygen atoms in total. The van der Waals surface area contributed by atoms with Crippen molar-refractivity contribution in [3.63, 3.8) is 0 Å². The lowest BCUT2D eigenvalue weighted by molar-refractivity contribution is 0.581. The van der Waals surface area contributed by atoms with E-state index in [0.29, 0.717) is 0 Å². The number of benzene rings is 1. The summed E-state index contributed by atoms with van der Waals surface area (Å²) >= 11 is 8.00. The summed E-state index contributed by atoms with van der Waals surface area (Å²) in [4.78, 5) is 0. The Hall–Kier alpha value is -0.150. The molecule has 0 aliphatic rings. The summed E-state index contributed by atoms with van der Waals surface area (Å²) in [6, 6.07) is 3.20. The molecular weight excluding hydrogens is 225 g/mol. The molecule has 0 atom stereocenters. The highest BCUT2D eigenvalue weighted by Crippen LogP contribution is 2.22. The summed E-state index contributed by atoms with van der Waals surface area (Å²) in [7, 11) is 0. The zero-order valence-electron chi connectivity index (χ0n) is 4.59. The van der Waals surface area contributed by atoms with Gasteiger partial charge in [-0.3, -0.25) is 0 Å². The minimum absolute atomic E-state index is 0.215. The Morgan fingerprint density at radius 2 is 2.10 bits per heavy atom. The van der Waals surface area contributed by atoms with Crippen molar-refractivity contribution in [1.82, 2.24) is 0 Å². The lowest BCUT2D eigenvalue weighted by atomic mass is 10.3. The Bertz CT molecular complexity index is 239. The van der Waals surface area contributed by atoms with Gasteiger partial charge in [-0.2, -0.15) is 0 Å². The van der Waals surface area contributed by atoms with Crippen LogP contribution in [0.3, 0.4) is 0 Å². The van der Waals surface area contributed by atoms with Gasteiger partial charge >= 0.3 is 0 Å². The second kappa shape index (κ2) is 2.84. The van der Waals surface area contributed by atoms with Crippen molar-refractivity contribution < 1.29 is 8.78 Å². The van der Waals surface area contributed by atoms with Crippen molar-refractivity contribution in [3.05, 3.63) is 33.3 Å². The minimum Gasteiger partial charge on any atom is -0.205 e. The summed E-state index contributed by atoms with van der Waals surface area (Å²) in [5.41, 5.74) is 0. The number of halogens is 4. The molecule has 0 aliphatic carbocycles. The summed E-state index contributed by atoms with van der Waals surface area (Å²) < 4.78 is 25.0. The first-order chi connectivity index (χ1) is 4.61. The van der Waals surface area contributed by atoms with Gasteiger partial charge < -0.3 is 0 Å². The van der Waals surface area contributed by atoms with Crippen LogP contribution in [0, 0.1) is 17.7 Å². The molecule has 1 aromatic carbocycles. The van der Waals surface area contributed by atoms with E-state index in [-0.39, 0.29) is 4.47 Å². The molecule has 1 rings (SSSR count). The molecule has 0 N–H and O–H groups in total. The predicted molar refractivity (Wildman–Crippen MR) is 37.9 cm³/mol. The topological polar surface area (TPSA) is 0 Å². The molecule has 0 saturated carbocycles. The molecule has 0 fully saturated rings. The van der Waals surface area contributed by atoms with Crippen molar-refractivity contribution in [1.29, 1.82) is 0 Å². The van der Waals surface area contributed by atoms with Crippen molar-refractivity contribution in [2.45, 2.75) is 0 Å². The van der Waals surface area contributed by atoms with E-state index in [2.05, 4.69) is 22.0 Å². The molecule has 0 amide bonds. The van der Waals surface area contributed by atoms with E-state index in [1.165, 1.54) is 0 Å². The van der Waals surface area contributed by atoms with Crippen molar-refractivity contribution in [2.24, 2.45) is 0 Å². The highest BCUT2D eigenvalue weighted by Gasteiger charge is 2.06. The summed E-state index contributed by atoms with van der Waals surface area (Å²) in [5.74, 6) is -1.67. The molecule has 10 heavy (non-hydrogen) atoms. The molecule has 0 aliphatic heterocycles.